The Balaban J connectivity index is 1.86. The quantitative estimate of drug-likeness (QED) is 0.844. The minimum Gasteiger partial charge on any atom is -0.436 e. The number of alkyl halides is 3. The fourth-order valence-corrected chi connectivity index (χ4v) is 3.07. The Morgan fingerprint density at radius 1 is 1.36 bits per heavy atom. The summed E-state index contributed by atoms with van der Waals surface area (Å²) in [4.78, 5) is 11.0. The van der Waals surface area contributed by atoms with Gasteiger partial charge in [-0.25, -0.2) is 4.79 Å². The van der Waals surface area contributed by atoms with Crippen LogP contribution in [0.1, 0.15) is 35.3 Å². The van der Waals surface area contributed by atoms with Crippen LogP contribution in [0.3, 0.4) is 0 Å². The summed E-state index contributed by atoms with van der Waals surface area (Å²) in [6, 6.07) is 3.42. The van der Waals surface area contributed by atoms with Gasteiger partial charge < -0.3 is 9.47 Å². The van der Waals surface area contributed by atoms with Crippen LogP contribution in [0.5, 0.6) is 0 Å². The highest BCUT2D eigenvalue weighted by molar-refractivity contribution is 6.31. The van der Waals surface area contributed by atoms with Crippen molar-refractivity contribution in [1.82, 2.24) is 5.32 Å². The van der Waals surface area contributed by atoms with Crippen molar-refractivity contribution >= 4 is 17.6 Å². The Morgan fingerprint density at radius 2 is 2.14 bits per heavy atom. The van der Waals surface area contributed by atoms with Crippen LogP contribution in [0.15, 0.2) is 12.1 Å². The van der Waals surface area contributed by atoms with Crippen LogP contribution >= 0.6 is 11.6 Å². The number of esters is 1. The number of nitrogens with one attached hydrogen (secondary N) is 1. The second-order valence-corrected chi connectivity index (χ2v) is 5.70. The van der Waals surface area contributed by atoms with Gasteiger partial charge in [-0.1, -0.05) is 11.6 Å². The molecule has 2 atom stereocenters. The van der Waals surface area contributed by atoms with Gasteiger partial charge >= 0.3 is 12.1 Å². The maximum absolute atomic E-state index is 12.3. The molecular formula is C14H13ClF3NO3. The van der Waals surface area contributed by atoms with E-state index in [4.69, 9.17) is 16.3 Å². The highest BCUT2D eigenvalue weighted by Gasteiger charge is 2.43. The molecule has 1 aromatic carbocycles. The SMILES string of the molecule is O=C(OC1NCc2cc(Cl)c(C3CCOC3)cc21)C(F)(F)F. The fourth-order valence-electron chi connectivity index (χ4n) is 2.73. The van der Waals surface area contributed by atoms with Crippen LogP contribution < -0.4 is 5.32 Å². The summed E-state index contributed by atoms with van der Waals surface area (Å²) in [7, 11) is 0. The van der Waals surface area contributed by atoms with Crippen molar-refractivity contribution in [3.63, 3.8) is 0 Å². The molecule has 0 radical (unpaired) electrons. The minimum absolute atomic E-state index is 0.109. The number of ether oxygens (including phenoxy) is 2. The van der Waals surface area contributed by atoms with Crippen molar-refractivity contribution < 1.29 is 27.4 Å². The third-order valence-electron chi connectivity index (χ3n) is 3.84. The van der Waals surface area contributed by atoms with Crippen LogP contribution in [0.2, 0.25) is 5.02 Å². The topological polar surface area (TPSA) is 47.6 Å². The van der Waals surface area contributed by atoms with E-state index in [9.17, 15) is 18.0 Å². The maximum atomic E-state index is 12.3. The van der Waals surface area contributed by atoms with Gasteiger partial charge in [0, 0.05) is 29.7 Å². The van der Waals surface area contributed by atoms with Crippen molar-refractivity contribution in [2.75, 3.05) is 13.2 Å². The molecule has 2 heterocycles. The molecule has 2 aliphatic rings. The highest BCUT2D eigenvalue weighted by Crippen LogP contribution is 2.37. The van der Waals surface area contributed by atoms with E-state index in [1.807, 2.05) is 0 Å². The van der Waals surface area contributed by atoms with Crippen LogP contribution in [-0.2, 0) is 20.8 Å². The third-order valence-corrected chi connectivity index (χ3v) is 4.17. The summed E-state index contributed by atoms with van der Waals surface area (Å²) < 4.78 is 46.8. The molecule has 0 amide bonds. The molecule has 22 heavy (non-hydrogen) atoms. The number of rotatable bonds is 2. The van der Waals surface area contributed by atoms with Crippen LogP contribution in [0.25, 0.3) is 0 Å². The van der Waals surface area contributed by atoms with Crippen molar-refractivity contribution in [1.29, 1.82) is 0 Å². The summed E-state index contributed by atoms with van der Waals surface area (Å²) in [5.41, 5.74) is 2.06. The minimum atomic E-state index is -5.01. The van der Waals surface area contributed by atoms with Crippen molar-refractivity contribution in [3.8, 4) is 0 Å². The van der Waals surface area contributed by atoms with Gasteiger partial charge in [0.1, 0.15) is 0 Å². The molecule has 1 N–H and O–H groups in total. The van der Waals surface area contributed by atoms with Gasteiger partial charge in [-0.2, -0.15) is 13.2 Å². The van der Waals surface area contributed by atoms with Gasteiger partial charge in [0.05, 0.1) is 6.61 Å². The van der Waals surface area contributed by atoms with Gasteiger partial charge in [0.15, 0.2) is 6.23 Å². The van der Waals surface area contributed by atoms with Gasteiger partial charge in [-0.15, -0.1) is 0 Å². The number of hydrogen-bond acceptors (Lipinski definition) is 4. The Kier molecular flexibility index (Phi) is 4.05. The van der Waals surface area contributed by atoms with E-state index in [0.717, 1.165) is 17.5 Å². The predicted octanol–water partition coefficient (Wildman–Crippen LogP) is 3.05. The zero-order valence-corrected chi connectivity index (χ0v) is 12.1. The lowest BCUT2D eigenvalue weighted by Gasteiger charge is -2.17. The summed E-state index contributed by atoms with van der Waals surface area (Å²) in [6.45, 7) is 1.45. The van der Waals surface area contributed by atoms with E-state index in [1.165, 1.54) is 0 Å². The van der Waals surface area contributed by atoms with Crippen molar-refractivity contribution in [2.45, 2.75) is 31.3 Å². The number of fused-ring (bicyclic) bond motifs is 1. The second-order valence-electron chi connectivity index (χ2n) is 5.30. The molecule has 4 nitrogen and oxygen atoms in total. The molecule has 2 unspecified atom stereocenters. The zero-order valence-electron chi connectivity index (χ0n) is 11.4. The van der Waals surface area contributed by atoms with Gasteiger partial charge in [-0.3, -0.25) is 5.32 Å². The smallest absolute Gasteiger partial charge is 0.436 e. The first-order valence-corrected chi connectivity index (χ1v) is 7.15. The first-order valence-electron chi connectivity index (χ1n) is 6.77. The molecular weight excluding hydrogens is 323 g/mol. The standard InChI is InChI=1S/C14H13ClF3NO3/c15-11-3-8-5-19-12(22-13(20)14(16,17)18)10(8)4-9(11)7-1-2-21-6-7/h3-4,7,12,19H,1-2,5-6H2. The normalized spacial score (nSPS) is 24.4. The molecule has 0 aliphatic carbocycles. The van der Waals surface area contributed by atoms with E-state index < -0.39 is 18.4 Å². The van der Waals surface area contributed by atoms with Crippen LogP contribution in [-0.4, -0.2) is 25.4 Å². The Labute approximate surface area is 129 Å². The number of carbonyl (C=O) groups excluding carboxylic acids is 1. The Morgan fingerprint density at radius 3 is 2.77 bits per heavy atom. The highest BCUT2D eigenvalue weighted by atomic mass is 35.5. The molecule has 1 aromatic rings. The van der Waals surface area contributed by atoms with E-state index in [1.54, 1.807) is 12.1 Å². The number of hydrogen-bond donors (Lipinski definition) is 1. The lowest BCUT2D eigenvalue weighted by atomic mass is 9.94. The molecule has 0 spiro atoms. The largest absolute Gasteiger partial charge is 0.490 e. The maximum Gasteiger partial charge on any atom is 0.490 e. The molecule has 0 bridgehead atoms. The first kappa shape index (κ1) is 15.6. The molecule has 0 aromatic heterocycles. The summed E-state index contributed by atoms with van der Waals surface area (Å²) >= 11 is 6.24. The average Bonchev–Trinajstić information content (AvgIpc) is 3.07. The van der Waals surface area contributed by atoms with Crippen molar-refractivity contribution in [3.05, 3.63) is 33.8 Å². The van der Waals surface area contributed by atoms with E-state index in [0.29, 0.717) is 30.3 Å². The fraction of sp³-hybridized carbons (Fsp3) is 0.500. The average molecular weight is 336 g/mol. The summed E-state index contributed by atoms with van der Waals surface area (Å²) in [5, 5.41) is 3.29. The molecule has 8 heteroatoms. The molecule has 1 saturated heterocycles. The van der Waals surface area contributed by atoms with E-state index in [-0.39, 0.29) is 5.92 Å². The van der Waals surface area contributed by atoms with E-state index in [2.05, 4.69) is 10.1 Å². The Hall–Kier alpha value is -1.31. The van der Waals surface area contributed by atoms with Crippen LogP contribution in [0, 0.1) is 0 Å². The predicted molar refractivity (Wildman–Crippen MR) is 71.4 cm³/mol. The van der Waals surface area contributed by atoms with E-state index >= 15 is 0 Å². The third kappa shape index (κ3) is 2.93. The molecule has 2 aliphatic heterocycles. The number of carbonyl (C=O) groups is 1. The molecule has 0 saturated carbocycles. The number of benzene rings is 1. The molecule has 3 rings (SSSR count). The Bertz CT molecular complexity index is 600. The van der Waals surface area contributed by atoms with Gasteiger partial charge in [0.2, 0.25) is 0 Å². The first-order chi connectivity index (χ1) is 10.4. The second kappa shape index (κ2) is 5.72. The van der Waals surface area contributed by atoms with Crippen molar-refractivity contribution in [2.24, 2.45) is 0 Å². The summed E-state index contributed by atoms with van der Waals surface area (Å²) in [6.07, 6.45) is -5.32. The monoisotopic (exact) mass is 335 g/mol. The van der Waals surface area contributed by atoms with Gasteiger partial charge in [-0.05, 0) is 29.7 Å². The lowest BCUT2D eigenvalue weighted by Crippen LogP contribution is -2.30. The zero-order chi connectivity index (χ0) is 15.9. The van der Waals surface area contributed by atoms with Gasteiger partial charge in [0.25, 0.3) is 0 Å². The molecule has 1 fully saturated rings. The lowest BCUT2D eigenvalue weighted by molar-refractivity contribution is -0.206. The molecule has 120 valence electrons. The summed E-state index contributed by atoms with van der Waals surface area (Å²) in [5.74, 6) is -2.10. The van der Waals surface area contributed by atoms with Crippen LogP contribution in [0.4, 0.5) is 13.2 Å². The number of halogens is 4.